The van der Waals surface area contributed by atoms with E-state index in [-0.39, 0.29) is 24.9 Å². The van der Waals surface area contributed by atoms with Gasteiger partial charge < -0.3 is 14.2 Å². The van der Waals surface area contributed by atoms with Gasteiger partial charge in [-0.15, -0.1) is 0 Å². The molecule has 0 amide bonds. The number of benzene rings is 1. The number of hydrogen-bond donors (Lipinski definition) is 0. The fourth-order valence-corrected chi connectivity index (χ4v) is 2.37. The van der Waals surface area contributed by atoms with E-state index in [1.807, 2.05) is 31.2 Å². The van der Waals surface area contributed by atoms with Crippen LogP contribution in [0, 0.1) is 0 Å². The Morgan fingerprint density at radius 2 is 1.89 bits per heavy atom. The maximum Gasteiger partial charge on any atom is 0.264 e. The highest BCUT2D eigenvalue weighted by Gasteiger charge is 2.14. The fourth-order valence-electron chi connectivity index (χ4n) is 2.03. The maximum atomic E-state index is 11.3. The molecule has 0 unspecified atom stereocenters. The molecule has 0 bridgehead atoms. The summed E-state index contributed by atoms with van der Waals surface area (Å²) in [6.45, 7) is 5.98. The number of hydrogen-bond acceptors (Lipinski definition) is 8. The minimum atomic E-state index is -3.62. The van der Waals surface area contributed by atoms with Gasteiger partial charge >= 0.3 is 0 Å². The summed E-state index contributed by atoms with van der Waals surface area (Å²) in [5.41, 5.74) is 1.27. The van der Waals surface area contributed by atoms with E-state index in [4.69, 9.17) is 18.4 Å². The summed E-state index contributed by atoms with van der Waals surface area (Å²) in [6, 6.07) is 7.34. The third-order valence-corrected chi connectivity index (χ3v) is 3.90. The van der Waals surface area contributed by atoms with Gasteiger partial charge in [0.15, 0.2) is 11.6 Å². The van der Waals surface area contributed by atoms with E-state index >= 15 is 0 Å². The van der Waals surface area contributed by atoms with Crippen LogP contribution in [0.5, 0.6) is 11.6 Å². The Kier molecular flexibility index (Phi) is 7.14. The minimum Gasteiger partial charge on any atom is -0.497 e. The standard InChI is InChI=1S/C18H22N2O6S/c1-5-24-13(2)17-19-10-15(12-26-27(4,21)22)18(20-17)25-11-14-6-8-16(23-3)9-7-14/h6-10H,2,5,11-12H2,1,3-4H3. The number of methoxy groups -OCH3 is 1. The van der Waals surface area contributed by atoms with Crippen LogP contribution in [0.1, 0.15) is 23.9 Å². The monoisotopic (exact) mass is 394 g/mol. The summed E-state index contributed by atoms with van der Waals surface area (Å²) in [6.07, 6.45) is 2.40. The highest BCUT2D eigenvalue weighted by molar-refractivity contribution is 7.85. The van der Waals surface area contributed by atoms with Crippen LogP contribution in [-0.2, 0) is 32.3 Å². The number of aromatic nitrogens is 2. The van der Waals surface area contributed by atoms with Gasteiger partial charge in [0.1, 0.15) is 12.4 Å². The molecule has 0 fully saturated rings. The van der Waals surface area contributed by atoms with Crippen molar-refractivity contribution in [2.24, 2.45) is 0 Å². The Morgan fingerprint density at radius 3 is 2.48 bits per heavy atom. The first-order valence-corrected chi connectivity index (χ1v) is 9.92. The summed E-state index contributed by atoms with van der Waals surface area (Å²) in [7, 11) is -2.03. The molecule has 1 heterocycles. The molecule has 2 aromatic rings. The number of rotatable bonds is 10. The summed E-state index contributed by atoms with van der Waals surface area (Å²) < 4.78 is 43.6. The first-order chi connectivity index (χ1) is 12.8. The Bertz CT molecular complexity index is 881. The first kappa shape index (κ1) is 20.7. The Morgan fingerprint density at radius 1 is 1.19 bits per heavy atom. The van der Waals surface area contributed by atoms with Crippen molar-refractivity contribution in [1.29, 1.82) is 0 Å². The molecule has 0 aliphatic rings. The smallest absolute Gasteiger partial charge is 0.264 e. The molecule has 0 spiro atoms. The highest BCUT2D eigenvalue weighted by atomic mass is 32.2. The molecule has 0 saturated heterocycles. The Hall–Kier alpha value is -2.65. The molecule has 8 nitrogen and oxygen atoms in total. The molecule has 146 valence electrons. The van der Waals surface area contributed by atoms with Gasteiger partial charge in [-0.1, -0.05) is 18.7 Å². The van der Waals surface area contributed by atoms with Gasteiger partial charge in [0, 0.05) is 6.20 Å². The molecular weight excluding hydrogens is 372 g/mol. The summed E-state index contributed by atoms with van der Waals surface area (Å²) in [4.78, 5) is 8.41. The molecule has 2 rings (SSSR count). The highest BCUT2D eigenvalue weighted by Crippen LogP contribution is 2.21. The van der Waals surface area contributed by atoms with Crippen molar-refractivity contribution in [2.45, 2.75) is 20.1 Å². The molecule has 0 aliphatic heterocycles. The third-order valence-electron chi connectivity index (χ3n) is 3.36. The average Bonchev–Trinajstić information content (AvgIpc) is 2.65. The van der Waals surface area contributed by atoms with Gasteiger partial charge in [-0.05, 0) is 24.6 Å². The lowest BCUT2D eigenvalue weighted by Crippen LogP contribution is -2.09. The predicted octanol–water partition coefficient (Wildman–Crippen LogP) is 2.55. The minimum absolute atomic E-state index is 0.195. The van der Waals surface area contributed by atoms with Crippen LogP contribution >= 0.6 is 0 Å². The van der Waals surface area contributed by atoms with Crippen LogP contribution in [0.15, 0.2) is 37.0 Å². The van der Waals surface area contributed by atoms with Crippen LogP contribution in [0.2, 0.25) is 0 Å². The second-order valence-corrected chi connectivity index (χ2v) is 7.13. The maximum absolute atomic E-state index is 11.3. The molecule has 0 atom stereocenters. The number of nitrogens with zero attached hydrogens (tertiary/aromatic N) is 2. The topological polar surface area (TPSA) is 96.8 Å². The van der Waals surface area contributed by atoms with Crippen molar-refractivity contribution >= 4 is 15.9 Å². The zero-order chi connectivity index (χ0) is 19.9. The summed E-state index contributed by atoms with van der Waals surface area (Å²) in [5.74, 6) is 1.48. The molecule has 0 aliphatic carbocycles. The van der Waals surface area contributed by atoms with Crippen molar-refractivity contribution < 1.29 is 26.8 Å². The van der Waals surface area contributed by atoms with E-state index in [2.05, 4.69) is 16.5 Å². The van der Waals surface area contributed by atoms with Gasteiger partial charge in [0.2, 0.25) is 5.88 Å². The van der Waals surface area contributed by atoms with E-state index < -0.39 is 10.1 Å². The number of ether oxygens (including phenoxy) is 3. The summed E-state index contributed by atoms with van der Waals surface area (Å²) in [5, 5.41) is 0. The molecule has 0 N–H and O–H groups in total. The van der Waals surface area contributed by atoms with E-state index in [9.17, 15) is 8.42 Å². The van der Waals surface area contributed by atoms with Crippen LogP contribution in [0.4, 0.5) is 0 Å². The molecule has 0 radical (unpaired) electrons. The average molecular weight is 394 g/mol. The Balaban J connectivity index is 2.21. The van der Waals surface area contributed by atoms with Crippen LogP contribution in [0.3, 0.4) is 0 Å². The fraction of sp³-hybridized carbons (Fsp3) is 0.333. The van der Waals surface area contributed by atoms with E-state index in [0.29, 0.717) is 17.9 Å². The van der Waals surface area contributed by atoms with Gasteiger partial charge in [0.05, 0.1) is 32.1 Å². The lowest BCUT2D eigenvalue weighted by molar-refractivity contribution is 0.264. The predicted molar refractivity (Wildman–Crippen MR) is 99.7 cm³/mol. The lowest BCUT2D eigenvalue weighted by atomic mass is 10.2. The largest absolute Gasteiger partial charge is 0.497 e. The Labute approximate surface area is 158 Å². The van der Waals surface area contributed by atoms with Crippen molar-refractivity contribution in [3.63, 3.8) is 0 Å². The van der Waals surface area contributed by atoms with Crippen molar-refractivity contribution in [3.05, 3.63) is 54.0 Å². The van der Waals surface area contributed by atoms with Gasteiger partial charge in [-0.3, -0.25) is 4.18 Å². The molecule has 0 saturated carbocycles. The first-order valence-electron chi connectivity index (χ1n) is 8.10. The van der Waals surface area contributed by atoms with Crippen molar-refractivity contribution in [1.82, 2.24) is 9.97 Å². The van der Waals surface area contributed by atoms with Crippen molar-refractivity contribution in [3.8, 4) is 11.6 Å². The molecule has 27 heavy (non-hydrogen) atoms. The zero-order valence-electron chi connectivity index (χ0n) is 15.5. The zero-order valence-corrected chi connectivity index (χ0v) is 16.3. The molecule has 1 aromatic heterocycles. The van der Waals surface area contributed by atoms with E-state index in [0.717, 1.165) is 17.6 Å². The quantitative estimate of drug-likeness (QED) is 0.448. The normalized spacial score (nSPS) is 11.1. The lowest BCUT2D eigenvalue weighted by Gasteiger charge is -2.13. The van der Waals surface area contributed by atoms with E-state index in [1.54, 1.807) is 7.11 Å². The van der Waals surface area contributed by atoms with E-state index in [1.165, 1.54) is 6.20 Å². The van der Waals surface area contributed by atoms with Gasteiger partial charge in [-0.25, -0.2) is 4.98 Å². The van der Waals surface area contributed by atoms with Crippen LogP contribution < -0.4 is 9.47 Å². The van der Waals surface area contributed by atoms with Gasteiger partial charge in [-0.2, -0.15) is 13.4 Å². The second kappa shape index (κ2) is 9.33. The second-order valence-electron chi connectivity index (χ2n) is 5.48. The third kappa shape index (κ3) is 6.54. The van der Waals surface area contributed by atoms with Gasteiger partial charge in [0.25, 0.3) is 10.1 Å². The molecular formula is C18H22N2O6S. The van der Waals surface area contributed by atoms with Crippen LogP contribution in [0.25, 0.3) is 5.76 Å². The SMILES string of the molecule is C=C(OCC)c1ncc(COS(C)(=O)=O)c(OCc2ccc(OC)cc2)n1. The van der Waals surface area contributed by atoms with Crippen LogP contribution in [-0.4, -0.2) is 38.4 Å². The van der Waals surface area contributed by atoms with Crippen molar-refractivity contribution in [2.75, 3.05) is 20.0 Å². The summed E-state index contributed by atoms with van der Waals surface area (Å²) >= 11 is 0. The molecule has 1 aromatic carbocycles. The molecule has 9 heteroatoms.